The zero-order valence-corrected chi connectivity index (χ0v) is 11.2. The highest BCUT2D eigenvalue weighted by atomic mass is 15.1. The van der Waals surface area contributed by atoms with Crippen LogP contribution in [0, 0.1) is 11.3 Å². The summed E-state index contributed by atoms with van der Waals surface area (Å²) >= 11 is 0. The molecule has 1 heteroatoms. The summed E-state index contributed by atoms with van der Waals surface area (Å²) in [6.07, 6.45) is 2.56. The van der Waals surface area contributed by atoms with Crippen LogP contribution in [-0.2, 0) is 0 Å². The molecule has 0 aromatic carbocycles. The lowest BCUT2D eigenvalue weighted by atomic mass is 9.86. The Hall–Kier alpha value is -0.0400. The van der Waals surface area contributed by atoms with E-state index < -0.39 is 0 Å². The van der Waals surface area contributed by atoms with E-state index >= 15 is 0 Å². The van der Waals surface area contributed by atoms with Gasteiger partial charge in [0, 0.05) is 12.6 Å². The second kappa shape index (κ2) is 5.75. The van der Waals surface area contributed by atoms with Crippen LogP contribution in [0.3, 0.4) is 0 Å². The van der Waals surface area contributed by atoms with Crippen molar-refractivity contribution in [2.45, 2.75) is 60.4 Å². The lowest BCUT2D eigenvalue weighted by molar-refractivity contribution is 0.160. The average molecular weight is 199 g/mol. The molecule has 0 aliphatic heterocycles. The smallest absolute Gasteiger partial charge is 0.00946 e. The van der Waals surface area contributed by atoms with Gasteiger partial charge in [-0.05, 0) is 31.2 Å². The molecule has 0 aliphatic rings. The maximum atomic E-state index is 2.52. The molecule has 0 heterocycles. The van der Waals surface area contributed by atoms with Crippen molar-refractivity contribution in [3.8, 4) is 0 Å². The standard InChI is InChI=1S/C13H29N/c1-8-12(9-13(4,5)6)14(7)10-11(2)3/h11-12H,8-10H2,1-7H3. The van der Waals surface area contributed by atoms with Crippen LogP contribution in [-0.4, -0.2) is 24.5 Å². The fraction of sp³-hybridized carbons (Fsp3) is 1.00. The van der Waals surface area contributed by atoms with E-state index in [0.717, 1.165) is 12.0 Å². The van der Waals surface area contributed by atoms with Gasteiger partial charge in [-0.25, -0.2) is 0 Å². The van der Waals surface area contributed by atoms with Crippen LogP contribution in [0.1, 0.15) is 54.4 Å². The Morgan fingerprint density at radius 1 is 1.14 bits per heavy atom. The van der Waals surface area contributed by atoms with E-state index in [4.69, 9.17) is 0 Å². The Balaban J connectivity index is 4.12. The Morgan fingerprint density at radius 3 is 1.93 bits per heavy atom. The van der Waals surface area contributed by atoms with Gasteiger partial charge in [-0.15, -0.1) is 0 Å². The molecule has 0 rings (SSSR count). The summed E-state index contributed by atoms with van der Waals surface area (Å²) in [4.78, 5) is 2.52. The van der Waals surface area contributed by atoms with E-state index in [1.165, 1.54) is 19.4 Å². The summed E-state index contributed by atoms with van der Waals surface area (Å²) in [5.41, 5.74) is 0.450. The predicted octanol–water partition coefficient (Wildman–Crippen LogP) is 3.79. The van der Waals surface area contributed by atoms with E-state index in [1.807, 2.05) is 0 Å². The first-order valence-electron chi connectivity index (χ1n) is 5.96. The second-order valence-electron chi connectivity index (χ2n) is 6.16. The predicted molar refractivity (Wildman–Crippen MR) is 65.6 cm³/mol. The first kappa shape index (κ1) is 14.0. The van der Waals surface area contributed by atoms with Gasteiger partial charge in [0.2, 0.25) is 0 Å². The van der Waals surface area contributed by atoms with Crippen LogP contribution in [0.5, 0.6) is 0 Å². The van der Waals surface area contributed by atoms with Gasteiger partial charge in [0.15, 0.2) is 0 Å². The van der Waals surface area contributed by atoms with Crippen molar-refractivity contribution in [1.29, 1.82) is 0 Å². The molecule has 1 nitrogen and oxygen atoms in total. The van der Waals surface area contributed by atoms with E-state index in [1.54, 1.807) is 0 Å². The van der Waals surface area contributed by atoms with Crippen molar-refractivity contribution in [1.82, 2.24) is 4.90 Å². The van der Waals surface area contributed by atoms with Crippen LogP contribution < -0.4 is 0 Å². The van der Waals surface area contributed by atoms with Gasteiger partial charge < -0.3 is 4.90 Å². The summed E-state index contributed by atoms with van der Waals surface area (Å²) < 4.78 is 0. The zero-order valence-electron chi connectivity index (χ0n) is 11.2. The average Bonchev–Trinajstić information content (AvgIpc) is 1.96. The lowest BCUT2D eigenvalue weighted by Crippen LogP contribution is -2.36. The molecule has 0 fully saturated rings. The Labute approximate surface area is 90.9 Å². The Morgan fingerprint density at radius 2 is 1.64 bits per heavy atom. The molecule has 0 saturated heterocycles. The minimum atomic E-state index is 0.450. The molecule has 0 radical (unpaired) electrons. The second-order valence-corrected chi connectivity index (χ2v) is 6.16. The minimum absolute atomic E-state index is 0.450. The van der Waals surface area contributed by atoms with Crippen LogP contribution in [0.25, 0.3) is 0 Å². The van der Waals surface area contributed by atoms with Crippen molar-refractivity contribution in [3.63, 3.8) is 0 Å². The molecular formula is C13H29N. The van der Waals surface area contributed by atoms with Crippen LogP contribution in [0.4, 0.5) is 0 Å². The van der Waals surface area contributed by atoms with E-state index in [9.17, 15) is 0 Å². The first-order chi connectivity index (χ1) is 6.26. The van der Waals surface area contributed by atoms with E-state index in [2.05, 4.69) is 53.5 Å². The Kier molecular flexibility index (Phi) is 5.73. The van der Waals surface area contributed by atoms with Crippen molar-refractivity contribution in [3.05, 3.63) is 0 Å². The lowest BCUT2D eigenvalue weighted by Gasteiger charge is -2.33. The van der Waals surface area contributed by atoms with E-state index in [-0.39, 0.29) is 0 Å². The van der Waals surface area contributed by atoms with Crippen molar-refractivity contribution in [2.75, 3.05) is 13.6 Å². The molecule has 14 heavy (non-hydrogen) atoms. The van der Waals surface area contributed by atoms with Gasteiger partial charge in [0.05, 0.1) is 0 Å². The molecule has 1 atom stereocenters. The molecular weight excluding hydrogens is 170 g/mol. The molecule has 0 saturated carbocycles. The van der Waals surface area contributed by atoms with Gasteiger partial charge in [0.25, 0.3) is 0 Å². The van der Waals surface area contributed by atoms with Gasteiger partial charge in [-0.2, -0.15) is 0 Å². The van der Waals surface area contributed by atoms with Gasteiger partial charge in [-0.3, -0.25) is 0 Å². The summed E-state index contributed by atoms with van der Waals surface area (Å²) in [6.45, 7) is 15.1. The molecule has 0 bridgehead atoms. The highest BCUT2D eigenvalue weighted by Crippen LogP contribution is 2.24. The minimum Gasteiger partial charge on any atom is -0.303 e. The molecule has 0 aromatic heterocycles. The first-order valence-corrected chi connectivity index (χ1v) is 5.96. The quantitative estimate of drug-likeness (QED) is 0.651. The van der Waals surface area contributed by atoms with Crippen LogP contribution in [0.15, 0.2) is 0 Å². The summed E-state index contributed by atoms with van der Waals surface area (Å²) in [5, 5.41) is 0. The monoisotopic (exact) mass is 199 g/mol. The SMILES string of the molecule is CCC(CC(C)(C)C)N(C)CC(C)C. The fourth-order valence-electron chi connectivity index (χ4n) is 2.04. The summed E-state index contributed by atoms with van der Waals surface area (Å²) in [5.74, 6) is 0.772. The maximum Gasteiger partial charge on any atom is 0.00946 e. The number of rotatable bonds is 5. The number of hydrogen-bond acceptors (Lipinski definition) is 1. The van der Waals surface area contributed by atoms with Gasteiger partial charge in [-0.1, -0.05) is 41.5 Å². The van der Waals surface area contributed by atoms with Crippen molar-refractivity contribution < 1.29 is 0 Å². The third-order valence-corrected chi connectivity index (χ3v) is 2.60. The Bertz CT molecular complexity index is 144. The zero-order chi connectivity index (χ0) is 11.4. The van der Waals surface area contributed by atoms with E-state index in [0.29, 0.717) is 5.41 Å². The topological polar surface area (TPSA) is 3.24 Å². The fourth-order valence-corrected chi connectivity index (χ4v) is 2.04. The van der Waals surface area contributed by atoms with Gasteiger partial charge >= 0.3 is 0 Å². The van der Waals surface area contributed by atoms with Gasteiger partial charge in [0.1, 0.15) is 0 Å². The maximum absolute atomic E-state index is 2.52. The van der Waals surface area contributed by atoms with Crippen LogP contribution >= 0.6 is 0 Å². The molecule has 0 N–H and O–H groups in total. The van der Waals surface area contributed by atoms with Crippen LogP contribution in [0.2, 0.25) is 0 Å². The highest BCUT2D eigenvalue weighted by molar-refractivity contribution is 4.75. The normalized spacial score (nSPS) is 15.2. The summed E-state index contributed by atoms with van der Waals surface area (Å²) in [7, 11) is 2.26. The largest absolute Gasteiger partial charge is 0.303 e. The molecule has 0 aliphatic carbocycles. The third kappa shape index (κ3) is 6.42. The molecule has 0 aromatic rings. The third-order valence-electron chi connectivity index (χ3n) is 2.60. The number of hydrogen-bond donors (Lipinski definition) is 0. The molecule has 0 spiro atoms. The molecule has 0 amide bonds. The highest BCUT2D eigenvalue weighted by Gasteiger charge is 2.20. The summed E-state index contributed by atoms with van der Waals surface area (Å²) in [6, 6.07) is 0.748. The molecule has 1 unspecified atom stereocenters. The number of nitrogens with zero attached hydrogens (tertiary/aromatic N) is 1. The van der Waals surface area contributed by atoms with Crippen molar-refractivity contribution in [2.24, 2.45) is 11.3 Å². The molecule has 86 valence electrons. The van der Waals surface area contributed by atoms with Crippen molar-refractivity contribution >= 4 is 0 Å².